The van der Waals surface area contributed by atoms with Gasteiger partial charge in [-0.3, -0.25) is 4.79 Å². The number of furan rings is 1. The molecule has 4 nitrogen and oxygen atoms in total. The molecule has 0 aromatic carbocycles. The smallest absolute Gasteiger partial charge is 0.224 e. The van der Waals surface area contributed by atoms with Gasteiger partial charge in [0.05, 0.1) is 6.54 Å². The largest absolute Gasteiger partial charge is 0.452 e. The second kappa shape index (κ2) is 5.89. The average molecular weight is 317 g/mol. The summed E-state index contributed by atoms with van der Waals surface area (Å²) in [6.07, 6.45) is 0.349. The summed E-state index contributed by atoms with van der Waals surface area (Å²) in [5.74, 6) is 0.784. The van der Waals surface area contributed by atoms with Crippen LogP contribution in [0.2, 0.25) is 0 Å². The molecule has 102 valence electrons. The number of halogens is 1. The summed E-state index contributed by atoms with van der Waals surface area (Å²) >= 11 is 3.24. The van der Waals surface area contributed by atoms with E-state index in [0.29, 0.717) is 17.6 Å². The van der Waals surface area contributed by atoms with Gasteiger partial charge in [-0.05, 0) is 33.5 Å². The zero-order valence-corrected chi connectivity index (χ0v) is 13.0. The van der Waals surface area contributed by atoms with E-state index in [4.69, 9.17) is 10.2 Å². The van der Waals surface area contributed by atoms with E-state index in [9.17, 15) is 4.79 Å². The lowest BCUT2D eigenvalue weighted by Gasteiger charge is -2.28. The van der Waals surface area contributed by atoms with Gasteiger partial charge in [-0.15, -0.1) is 0 Å². The third-order valence-electron chi connectivity index (χ3n) is 2.95. The van der Waals surface area contributed by atoms with Crippen molar-refractivity contribution >= 4 is 21.8 Å². The van der Waals surface area contributed by atoms with Gasteiger partial charge >= 0.3 is 0 Å². The van der Waals surface area contributed by atoms with E-state index in [1.54, 1.807) is 11.9 Å². The van der Waals surface area contributed by atoms with Gasteiger partial charge in [-0.2, -0.15) is 0 Å². The SMILES string of the molecule is CN(Cc1ccc(Br)o1)C(=O)CC(N)C(C)(C)C. The number of hydrogen-bond acceptors (Lipinski definition) is 3. The van der Waals surface area contributed by atoms with E-state index in [1.807, 2.05) is 32.9 Å². The minimum Gasteiger partial charge on any atom is -0.452 e. The molecule has 0 bridgehead atoms. The van der Waals surface area contributed by atoms with E-state index in [1.165, 1.54) is 0 Å². The van der Waals surface area contributed by atoms with Crippen molar-refractivity contribution in [1.82, 2.24) is 4.90 Å². The van der Waals surface area contributed by atoms with E-state index in [2.05, 4.69) is 15.9 Å². The molecule has 0 saturated carbocycles. The molecule has 0 spiro atoms. The fraction of sp³-hybridized carbons (Fsp3) is 0.615. The van der Waals surface area contributed by atoms with E-state index in [-0.39, 0.29) is 17.4 Å². The fourth-order valence-electron chi connectivity index (χ4n) is 1.41. The van der Waals surface area contributed by atoms with Crippen LogP contribution in [0.15, 0.2) is 21.2 Å². The summed E-state index contributed by atoms with van der Waals surface area (Å²) in [7, 11) is 1.76. The Kier molecular flexibility index (Phi) is 4.99. The molecule has 1 heterocycles. The van der Waals surface area contributed by atoms with Crippen LogP contribution in [-0.2, 0) is 11.3 Å². The Morgan fingerprint density at radius 3 is 2.56 bits per heavy atom. The number of nitrogens with two attached hydrogens (primary N) is 1. The van der Waals surface area contributed by atoms with E-state index in [0.717, 1.165) is 5.76 Å². The molecule has 1 aromatic heterocycles. The zero-order chi connectivity index (χ0) is 13.9. The number of nitrogens with zero attached hydrogens (tertiary/aromatic N) is 1. The fourth-order valence-corrected chi connectivity index (χ4v) is 1.75. The molecule has 1 unspecified atom stereocenters. The van der Waals surface area contributed by atoms with Crippen molar-refractivity contribution in [3.8, 4) is 0 Å². The summed E-state index contributed by atoms with van der Waals surface area (Å²) in [4.78, 5) is 13.6. The summed E-state index contributed by atoms with van der Waals surface area (Å²) in [5, 5.41) is 0. The summed E-state index contributed by atoms with van der Waals surface area (Å²) < 4.78 is 6.04. The molecular formula is C13H21BrN2O2. The molecular weight excluding hydrogens is 296 g/mol. The van der Waals surface area contributed by atoms with Crippen LogP contribution in [0.25, 0.3) is 0 Å². The Balaban J connectivity index is 2.52. The van der Waals surface area contributed by atoms with Gasteiger partial charge in [-0.1, -0.05) is 20.8 Å². The summed E-state index contributed by atoms with van der Waals surface area (Å²) in [6.45, 7) is 6.57. The molecule has 0 aliphatic heterocycles. The first-order chi connectivity index (χ1) is 8.20. The lowest BCUT2D eigenvalue weighted by Crippen LogP contribution is -2.40. The van der Waals surface area contributed by atoms with Crippen molar-refractivity contribution in [3.05, 3.63) is 22.6 Å². The Labute approximate surface area is 117 Å². The van der Waals surface area contributed by atoms with Gasteiger partial charge < -0.3 is 15.1 Å². The minimum atomic E-state index is -0.143. The van der Waals surface area contributed by atoms with Crippen molar-refractivity contribution in [3.63, 3.8) is 0 Å². The first-order valence-corrected chi connectivity index (χ1v) is 6.73. The second-order valence-electron chi connectivity index (χ2n) is 5.63. The maximum absolute atomic E-state index is 12.0. The minimum absolute atomic E-state index is 0.0324. The molecule has 0 radical (unpaired) electrons. The highest BCUT2D eigenvalue weighted by Crippen LogP contribution is 2.21. The number of carbonyl (C=O) groups is 1. The first kappa shape index (κ1) is 15.2. The molecule has 1 aromatic rings. The van der Waals surface area contributed by atoms with Crippen molar-refractivity contribution in [1.29, 1.82) is 0 Å². The van der Waals surface area contributed by atoms with Crippen LogP contribution in [0.5, 0.6) is 0 Å². The summed E-state index contributed by atoms with van der Waals surface area (Å²) in [5.41, 5.74) is 5.94. The zero-order valence-electron chi connectivity index (χ0n) is 11.4. The lowest BCUT2D eigenvalue weighted by atomic mass is 9.85. The standard InChI is InChI=1S/C13H21BrN2O2/c1-13(2,3)10(15)7-12(17)16(4)8-9-5-6-11(14)18-9/h5-6,10H,7-8,15H2,1-4H3. The van der Waals surface area contributed by atoms with Gasteiger partial charge in [-0.25, -0.2) is 0 Å². The van der Waals surface area contributed by atoms with Crippen LogP contribution in [0, 0.1) is 5.41 Å². The molecule has 0 aliphatic rings. The number of rotatable bonds is 4. The van der Waals surface area contributed by atoms with Gasteiger partial charge in [0.1, 0.15) is 5.76 Å². The van der Waals surface area contributed by atoms with Crippen molar-refractivity contribution < 1.29 is 9.21 Å². The molecule has 18 heavy (non-hydrogen) atoms. The molecule has 0 aliphatic carbocycles. The third-order valence-corrected chi connectivity index (χ3v) is 3.38. The number of amides is 1. The predicted molar refractivity (Wildman–Crippen MR) is 74.9 cm³/mol. The van der Waals surface area contributed by atoms with Crippen LogP contribution < -0.4 is 5.73 Å². The second-order valence-corrected chi connectivity index (χ2v) is 6.41. The maximum atomic E-state index is 12.0. The third kappa shape index (κ3) is 4.46. The van der Waals surface area contributed by atoms with E-state index >= 15 is 0 Å². The summed E-state index contributed by atoms with van der Waals surface area (Å²) in [6, 6.07) is 3.52. The highest BCUT2D eigenvalue weighted by atomic mass is 79.9. The molecule has 0 saturated heterocycles. The van der Waals surface area contributed by atoms with Crippen LogP contribution in [0.4, 0.5) is 0 Å². The number of hydrogen-bond donors (Lipinski definition) is 1. The van der Waals surface area contributed by atoms with Crippen LogP contribution in [0.1, 0.15) is 33.0 Å². The molecule has 1 amide bonds. The highest BCUT2D eigenvalue weighted by molar-refractivity contribution is 9.10. The molecule has 2 N–H and O–H groups in total. The van der Waals surface area contributed by atoms with Gasteiger partial charge in [0.15, 0.2) is 4.67 Å². The molecule has 5 heteroatoms. The van der Waals surface area contributed by atoms with Gasteiger partial charge in [0.2, 0.25) is 5.91 Å². The van der Waals surface area contributed by atoms with Crippen molar-refractivity contribution in [2.75, 3.05) is 7.05 Å². The topological polar surface area (TPSA) is 59.5 Å². The van der Waals surface area contributed by atoms with Crippen LogP contribution in [-0.4, -0.2) is 23.9 Å². The van der Waals surface area contributed by atoms with Crippen LogP contribution >= 0.6 is 15.9 Å². The van der Waals surface area contributed by atoms with Crippen molar-refractivity contribution in [2.24, 2.45) is 11.1 Å². The van der Waals surface area contributed by atoms with Gasteiger partial charge in [0, 0.05) is 19.5 Å². The lowest BCUT2D eigenvalue weighted by molar-refractivity contribution is -0.131. The van der Waals surface area contributed by atoms with Crippen molar-refractivity contribution in [2.45, 2.75) is 39.8 Å². The first-order valence-electron chi connectivity index (χ1n) is 5.94. The quantitative estimate of drug-likeness (QED) is 0.929. The molecule has 1 rings (SSSR count). The Morgan fingerprint density at radius 1 is 1.50 bits per heavy atom. The normalized spacial score (nSPS) is 13.4. The Hall–Kier alpha value is -0.810. The Morgan fingerprint density at radius 2 is 2.11 bits per heavy atom. The predicted octanol–water partition coefficient (Wildman–Crippen LogP) is 2.76. The monoisotopic (exact) mass is 316 g/mol. The maximum Gasteiger partial charge on any atom is 0.224 e. The molecule has 0 fully saturated rings. The average Bonchev–Trinajstić information content (AvgIpc) is 2.62. The van der Waals surface area contributed by atoms with Gasteiger partial charge in [0.25, 0.3) is 0 Å². The number of carbonyl (C=O) groups excluding carboxylic acids is 1. The van der Waals surface area contributed by atoms with Crippen LogP contribution in [0.3, 0.4) is 0 Å². The highest BCUT2D eigenvalue weighted by Gasteiger charge is 2.24. The van der Waals surface area contributed by atoms with E-state index < -0.39 is 0 Å². The molecule has 1 atom stereocenters. The Bertz CT molecular complexity index is 409.